The van der Waals surface area contributed by atoms with Crippen LogP contribution in [0.5, 0.6) is 0 Å². The normalized spacial score (nSPS) is 11.5. The highest BCUT2D eigenvalue weighted by molar-refractivity contribution is 5.98. The molecule has 8 nitrogen and oxygen atoms in total. The van der Waals surface area contributed by atoms with Gasteiger partial charge in [-0.2, -0.15) is 18.2 Å². The SMILES string of the molecule is CCN(CC(=O)Nc1ccccc1C(F)(F)F)C(=O)c1nc2nccc(C)n2n1. The quantitative estimate of drug-likeness (QED) is 0.703. The number of rotatable bonds is 5. The number of carbonyl (C=O) groups excluding carboxylic acids is 2. The summed E-state index contributed by atoms with van der Waals surface area (Å²) in [6, 6.07) is 6.32. The average Bonchev–Trinajstić information content (AvgIpc) is 3.11. The van der Waals surface area contributed by atoms with Crippen molar-refractivity contribution in [3.63, 3.8) is 0 Å². The molecular weight excluding hydrogens is 389 g/mol. The number of halogens is 3. The third-order valence-electron chi connectivity index (χ3n) is 4.13. The standard InChI is InChI=1S/C18H17F3N6O2/c1-3-26(16(29)15-24-17-22-9-8-11(2)27(17)25-15)10-14(28)23-13-7-5-4-6-12(13)18(19,20)21/h4-9H,3,10H2,1-2H3,(H,23,28). The number of likely N-dealkylation sites (N-methyl/N-ethyl adjacent to an activating group) is 1. The molecule has 1 aromatic carbocycles. The number of nitrogens with one attached hydrogen (secondary N) is 1. The molecule has 0 unspecified atom stereocenters. The van der Waals surface area contributed by atoms with E-state index in [-0.39, 0.29) is 23.8 Å². The fourth-order valence-electron chi connectivity index (χ4n) is 2.67. The second kappa shape index (κ2) is 7.86. The van der Waals surface area contributed by atoms with Gasteiger partial charge >= 0.3 is 6.18 Å². The maximum Gasteiger partial charge on any atom is 0.418 e. The van der Waals surface area contributed by atoms with Crippen LogP contribution < -0.4 is 5.32 Å². The zero-order chi connectivity index (χ0) is 21.2. The first kappa shape index (κ1) is 20.2. The summed E-state index contributed by atoms with van der Waals surface area (Å²) in [5.41, 5.74) is -0.628. The number of hydrogen-bond acceptors (Lipinski definition) is 5. The van der Waals surface area contributed by atoms with Crippen LogP contribution in [0.1, 0.15) is 28.8 Å². The Hall–Kier alpha value is -3.50. The van der Waals surface area contributed by atoms with Crippen LogP contribution in [0.25, 0.3) is 5.78 Å². The monoisotopic (exact) mass is 406 g/mol. The Morgan fingerprint density at radius 2 is 1.93 bits per heavy atom. The van der Waals surface area contributed by atoms with Gasteiger partial charge in [-0.3, -0.25) is 9.59 Å². The minimum Gasteiger partial charge on any atom is -0.327 e. The third kappa shape index (κ3) is 4.33. The molecule has 0 spiro atoms. The van der Waals surface area contributed by atoms with Gasteiger partial charge in [-0.05, 0) is 32.0 Å². The van der Waals surface area contributed by atoms with Crippen molar-refractivity contribution in [1.82, 2.24) is 24.5 Å². The summed E-state index contributed by atoms with van der Waals surface area (Å²) in [5, 5.41) is 6.30. The number of aromatic nitrogens is 4. The van der Waals surface area contributed by atoms with Crippen molar-refractivity contribution in [3.8, 4) is 0 Å². The highest BCUT2D eigenvalue weighted by Gasteiger charge is 2.33. The van der Waals surface area contributed by atoms with Gasteiger partial charge in [0.25, 0.3) is 11.7 Å². The van der Waals surface area contributed by atoms with E-state index in [2.05, 4.69) is 20.4 Å². The molecule has 0 radical (unpaired) electrons. The molecule has 1 N–H and O–H groups in total. The third-order valence-corrected chi connectivity index (χ3v) is 4.13. The molecule has 0 aliphatic carbocycles. The molecule has 3 rings (SSSR count). The summed E-state index contributed by atoms with van der Waals surface area (Å²) in [6.45, 7) is 3.08. The Bertz CT molecular complexity index is 1060. The number of hydrogen-bond donors (Lipinski definition) is 1. The van der Waals surface area contributed by atoms with Gasteiger partial charge in [0.05, 0.1) is 11.3 Å². The summed E-state index contributed by atoms with van der Waals surface area (Å²) in [6.07, 6.45) is -3.09. The molecule has 0 aliphatic rings. The maximum absolute atomic E-state index is 13.1. The second-order valence-electron chi connectivity index (χ2n) is 6.14. The van der Waals surface area contributed by atoms with Gasteiger partial charge in [-0.15, -0.1) is 5.10 Å². The minimum atomic E-state index is -4.62. The van der Waals surface area contributed by atoms with E-state index in [4.69, 9.17) is 0 Å². The molecule has 0 saturated carbocycles. The molecule has 2 aromatic heterocycles. The molecule has 0 atom stereocenters. The minimum absolute atomic E-state index is 0.134. The van der Waals surface area contributed by atoms with E-state index < -0.39 is 30.1 Å². The van der Waals surface area contributed by atoms with Gasteiger partial charge in [0.2, 0.25) is 11.7 Å². The predicted molar refractivity (Wildman–Crippen MR) is 97.2 cm³/mol. The number of fused-ring (bicyclic) bond motifs is 1. The summed E-state index contributed by atoms with van der Waals surface area (Å²) >= 11 is 0. The molecule has 2 amide bonds. The van der Waals surface area contributed by atoms with Gasteiger partial charge < -0.3 is 10.2 Å². The van der Waals surface area contributed by atoms with Gasteiger partial charge in [0.1, 0.15) is 6.54 Å². The molecule has 0 fully saturated rings. The predicted octanol–water partition coefficient (Wildman–Crippen LogP) is 2.55. The zero-order valence-electron chi connectivity index (χ0n) is 15.6. The average molecular weight is 406 g/mol. The summed E-state index contributed by atoms with van der Waals surface area (Å²) in [5.74, 6) is -1.32. The maximum atomic E-state index is 13.1. The van der Waals surface area contributed by atoms with E-state index in [0.29, 0.717) is 5.69 Å². The molecule has 2 heterocycles. The molecule has 0 saturated heterocycles. The number of amides is 2. The van der Waals surface area contributed by atoms with E-state index in [1.165, 1.54) is 22.8 Å². The van der Waals surface area contributed by atoms with Crippen LogP contribution >= 0.6 is 0 Å². The van der Waals surface area contributed by atoms with Gasteiger partial charge in [-0.1, -0.05) is 12.1 Å². The first-order valence-electron chi connectivity index (χ1n) is 8.64. The van der Waals surface area contributed by atoms with E-state index in [0.717, 1.165) is 17.0 Å². The molecule has 152 valence electrons. The lowest BCUT2D eigenvalue weighted by atomic mass is 10.1. The van der Waals surface area contributed by atoms with Crippen LogP contribution in [0.4, 0.5) is 18.9 Å². The number of para-hydroxylation sites is 1. The van der Waals surface area contributed by atoms with Crippen molar-refractivity contribution in [1.29, 1.82) is 0 Å². The van der Waals surface area contributed by atoms with Crippen molar-refractivity contribution >= 4 is 23.3 Å². The highest BCUT2D eigenvalue weighted by atomic mass is 19.4. The van der Waals surface area contributed by atoms with Crippen molar-refractivity contribution < 1.29 is 22.8 Å². The van der Waals surface area contributed by atoms with Crippen molar-refractivity contribution in [2.75, 3.05) is 18.4 Å². The number of aryl methyl sites for hydroxylation is 1. The Morgan fingerprint density at radius 3 is 2.59 bits per heavy atom. The number of benzene rings is 1. The summed E-state index contributed by atoms with van der Waals surface area (Å²) in [4.78, 5) is 34.2. The number of nitrogens with zero attached hydrogens (tertiary/aromatic N) is 5. The van der Waals surface area contributed by atoms with E-state index >= 15 is 0 Å². The Morgan fingerprint density at radius 1 is 1.21 bits per heavy atom. The van der Waals surface area contributed by atoms with Crippen molar-refractivity contribution in [2.45, 2.75) is 20.0 Å². The molecule has 3 aromatic rings. The van der Waals surface area contributed by atoms with Crippen molar-refractivity contribution in [3.05, 3.63) is 53.6 Å². The van der Waals surface area contributed by atoms with Gasteiger partial charge in [-0.25, -0.2) is 9.50 Å². The Balaban J connectivity index is 1.76. The van der Waals surface area contributed by atoms with Crippen molar-refractivity contribution in [2.24, 2.45) is 0 Å². The smallest absolute Gasteiger partial charge is 0.327 e. The number of anilines is 1. The van der Waals surface area contributed by atoms with E-state index in [1.807, 2.05) is 0 Å². The largest absolute Gasteiger partial charge is 0.418 e. The highest BCUT2D eigenvalue weighted by Crippen LogP contribution is 2.34. The Labute approximate surface area is 163 Å². The first-order chi connectivity index (χ1) is 13.7. The van der Waals surface area contributed by atoms with Gasteiger partial charge in [0, 0.05) is 18.4 Å². The van der Waals surface area contributed by atoms with Crippen LogP contribution in [-0.4, -0.2) is 49.4 Å². The van der Waals surface area contributed by atoms with Crippen LogP contribution in [0.2, 0.25) is 0 Å². The topological polar surface area (TPSA) is 92.5 Å². The van der Waals surface area contributed by atoms with Crippen LogP contribution in [0.3, 0.4) is 0 Å². The first-order valence-corrected chi connectivity index (χ1v) is 8.64. The van der Waals surface area contributed by atoms with Gasteiger partial charge in [0.15, 0.2) is 0 Å². The number of alkyl halides is 3. The summed E-state index contributed by atoms with van der Waals surface area (Å²) < 4.78 is 40.6. The molecule has 0 bridgehead atoms. The second-order valence-corrected chi connectivity index (χ2v) is 6.14. The molecule has 0 aliphatic heterocycles. The molecule has 11 heteroatoms. The van der Waals surface area contributed by atoms with E-state index in [9.17, 15) is 22.8 Å². The lowest BCUT2D eigenvalue weighted by molar-refractivity contribution is -0.137. The number of carbonyl (C=O) groups is 2. The van der Waals surface area contributed by atoms with Crippen LogP contribution in [0, 0.1) is 6.92 Å². The lowest BCUT2D eigenvalue weighted by Crippen LogP contribution is -2.38. The van der Waals surface area contributed by atoms with E-state index in [1.54, 1.807) is 19.9 Å². The molecular formula is C18H17F3N6O2. The van der Waals surface area contributed by atoms with Crippen LogP contribution in [0.15, 0.2) is 36.5 Å². The lowest BCUT2D eigenvalue weighted by Gasteiger charge is -2.19. The van der Waals surface area contributed by atoms with Crippen LogP contribution in [-0.2, 0) is 11.0 Å². The molecule has 29 heavy (non-hydrogen) atoms. The zero-order valence-corrected chi connectivity index (χ0v) is 15.6. The fraction of sp³-hybridized carbons (Fsp3) is 0.278. The summed E-state index contributed by atoms with van der Waals surface area (Å²) in [7, 11) is 0. The fourth-order valence-corrected chi connectivity index (χ4v) is 2.67. The Kier molecular flexibility index (Phi) is 5.48.